The molecule has 0 fully saturated rings. The number of benzene rings is 2. The van der Waals surface area contributed by atoms with Crippen LogP contribution in [0.25, 0.3) is 0 Å². The van der Waals surface area contributed by atoms with E-state index in [0.717, 1.165) is 32.7 Å². The lowest BCUT2D eigenvalue weighted by molar-refractivity contribution is 0.413. The maximum absolute atomic E-state index is 5.33. The molecule has 2 aromatic carbocycles. The van der Waals surface area contributed by atoms with Crippen molar-refractivity contribution in [3.8, 4) is 11.5 Å². The highest BCUT2D eigenvalue weighted by Crippen LogP contribution is 2.34. The van der Waals surface area contributed by atoms with Crippen LogP contribution in [0.5, 0.6) is 11.5 Å². The second-order valence-electron chi connectivity index (χ2n) is 3.89. The van der Waals surface area contributed by atoms with E-state index in [9.17, 15) is 0 Å². The predicted octanol–water partition coefficient (Wildman–Crippen LogP) is 4.02. The highest BCUT2D eigenvalue weighted by atomic mass is 32.1. The molecule has 3 nitrogen and oxygen atoms in total. The third-order valence-corrected chi connectivity index (χ3v) is 3.20. The SMILES string of the molecule is COc1cc(S)ccc1Nc1ccc(S)cc1OC. The number of rotatable bonds is 4. The summed E-state index contributed by atoms with van der Waals surface area (Å²) in [5.74, 6) is 1.45. The molecule has 0 saturated carbocycles. The topological polar surface area (TPSA) is 30.5 Å². The smallest absolute Gasteiger partial charge is 0.143 e. The van der Waals surface area contributed by atoms with Gasteiger partial charge in [-0.25, -0.2) is 0 Å². The van der Waals surface area contributed by atoms with E-state index in [1.165, 1.54) is 0 Å². The zero-order valence-electron chi connectivity index (χ0n) is 10.7. The van der Waals surface area contributed by atoms with E-state index < -0.39 is 0 Å². The Kier molecular flexibility index (Phi) is 4.50. The summed E-state index contributed by atoms with van der Waals surface area (Å²) in [6, 6.07) is 11.3. The third kappa shape index (κ3) is 3.30. The molecule has 0 aliphatic carbocycles. The normalized spacial score (nSPS) is 10.1. The Bertz CT molecular complexity index is 536. The molecule has 0 aliphatic rings. The summed E-state index contributed by atoms with van der Waals surface area (Å²) in [5, 5.41) is 3.28. The number of ether oxygens (including phenoxy) is 2. The van der Waals surface area contributed by atoms with Crippen molar-refractivity contribution in [2.24, 2.45) is 0 Å². The van der Waals surface area contributed by atoms with Gasteiger partial charge in [-0.1, -0.05) is 0 Å². The summed E-state index contributed by atoms with van der Waals surface area (Å²) < 4.78 is 10.7. The molecular formula is C14H15NO2S2. The highest BCUT2D eigenvalue weighted by Gasteiger charge is 2.08. The van der Waals surface area contributed by atoms with E-state index in [-0.39, 0.29) is 0 Å². The monoisotopic (exact) mass is 293 g/mol. The first kappa shape index (κ1) is 14.0. The summed E-state index contributed by atoms with van der Waals surface area (Å²) in [6.07, 6.45) is 0. The number of hydrogen-bond acceptors (Lipinski definition) is 5. The maximum atomic E-state index is 5.33. The Labute approximate surface area is 123 Å². The lowest BCUT2D eigenvalue weighted by Gasteiger charge is -2.14. The van der Waals surface area contributed by atoms with Crippen molar-refractivity contribution in [2.45, 2.75) is 9.79 Å². The molecule has 0 heterocycles. The van der Waals surface area contributed by atoms with Crippen LogP contribution in [0.15, 0.2) is 46.2 Å². The largest absolute Gasteiger partial charge is 0.495 e. The van der Waals surface area contributed by atoms with E-state index in [4.69, 9.17) is 9.47 Å². The molecule has 0 bridgehead atoms. The minimum absolute atomic E-state index is 0.726. The van der Waals surface area contributed by atoms with Crippen molar-refractivity contribution in [2.75, 3.05) is 19.5 Å². The molecule has 1 N–H and O–H groups in total. The van der Waals surface area contributed by atoms with Crippen molar-refractivity contribution in [3.63, 3.8) is 0 Å². The molecule has 0 aliphatic heterocycles. The van der Waals surface area contributed by atoms with Crippen LogP contribution in [0.2, 0.25) is 0 Å². The number of anilines is 2. The van der Waals surface area contributed by atoms with Gasteiger partial charge in [0.2, 0.25) is 0 Å². The van der Waals surface area contributed by atoms with E-state index >= 15 is 0 Å². The van der Waals surface area contributed by atoms with Crippen molar-refractivity contribution >= 4 is 36.6 Å². The van der Waals surface area contributed by atoms with Crippen molar-refractivity contribution < 1.29 is 9.47 Å². The number of thiol groups is 2. The molecule has 2 aromatic rings. The average Bonchev–Trinajstić information content (AvgIpc) is 2.42. The van der Waals surface area contributed by atoms with Gasteiger partial charge in [0.15, 0.2) is 0 Å². The Hall–Kier alpha value is -1.46. The van der Waals surface area contributed by atoms with Crippen LogP contribution in [0.3, 0.4) is 0 Å². The minimum atomic E-state index is 0.726. The van der Waals surface area contributed by atoms with Crippen LogP contribution < -0.4 is 14.8 Å². The molecule has 0 radical (unpaired) electrons. The Morgan fingerprint density at radius 2 is 1.21 bits per heavy atom. The average molecular weight is 293 g/mol. The van der Waals surface area contributed by atoms with E-state index in [1.54, 1.807) is 14.2 Å². The Morgan fingerprint density at radius 1 is 0.789 bits per heavy atom. The zero-order chi connectivity index (χ0) is 13.8. The van der Waals surface area contributed by atoms with Gasteiger partial charge < -0.3 is 14.8 Å². The molecule has 0 aromatic heterocycles. The standard InChI is InChI=1S/C14H15NO2S2/c1-16-13-7-9(18)3-5-11(13)15-12-6-4-10(19)8-14(12)17-2/h3-8,15,18-19H,1-2H3. The van der Waals surface area contributed by atoms with Gasteiger partial charge in [-0.15, -0.1) is 25.3 Å². The summed E-state index contributed by atoms with van der Waals surface area (Å²) in [7, 11) is 3.25. The fraction of sp³-hybridized carbons (Fsp3) is 0.143. The van der Waals surface area contributed by atoms with Gasteiger partial charge in [0.25, 0.3) is 0 Å². The van der Waals surface area contributed by atoms with E-state index in [1.807, 2.05) is 36.4 Å². The first-order valence-corrected chi connectivity index (χ1v) is 6.54. The second kappa shape index (κ2) is 6.12. The molecule has 19 heavy (non-hydrogen) atoms. The van der Waals surface area contributed by atoms with Crippen molar-refractivity contribution in [1.29, 1.82) is 0 Å². The van der Waals surface area contributed by atoms with Crippen LogP contribution in [0, 0.1) is 0 Å². The van der Waals surface area contributed by atoms with Crippen LogP contribution in [-0.2, 0) is 0 Å². The van der Waals surface area contributed by atoms with Gasteiger partial charge >= 0.3 is 0 Å². The maximum Gasteiger partial charge on any atom is 0.143 e. The first-order valence-electron chi connectivity index (χ1n) is 5.65. The predicted molar refractivity (Wildman–Crippen MR) is 83.8 cm³/mol. The molecule has 5 heteroatoms. The van der Waals surface area contributed by atoms with Gasteiger partial charge in [-0.2, -0.15) is 0 Å². The van der Waals surface area contributed by atoms with Crippen LogP contribution >= 0.6 is 25.3 Å². The molecule has 0 spiro atoms. The minimum Gasteiger partial charge on any atom is -0.495 e. The van der Waals surface area contributed by atoms with Crippen LogP contribution in [0.1, 0.15) is 0 Å². The van der Waals surface area contributed by atoms with Gasteiger partial charge in [0, 0.05) is 9.79 Å². The van der Waals surface area contributed by atoms with Crippen molar-refractivity contribution in [1.82, 2.24) is 0 Å². The summed E-state index contributed by atoms with van der Waals surface area (Å²) in [5.41, 5.74) is 1.70. The molecule has 0 amide bonds. The highest BCUT2D eigenvalue weighted by molar-refractivity contribution is 7.80. The van der Waals surface area contributed by atoms with E-state index in [0.29, 0.717) is 0 Å². The fourth-order valence-electron chi connectivity index (χ4n) is 1.71. The molecule has 0 atom stereocenters. The first-order chi connectivity index (χ1) is 9.13. The molecule has 0 saturated heterocycles. The Balaban J connectivity index is 2.36. The zero-order valence-corrected chi connectivity index (χ0v) is 12.5. The summed E-state index contributed by atoms with van der Waals surface area (Å²) >= 11 is 8.58. The molecular weight excluding hydrogens is 278 g/mol. The van der Waals surface area contributed by atoms with Gasteiger partial charge in [-0.05, 0) is 36.4 Å². The summed E-state index contributed by atoms with van der Waals surface area (Å²) in [4.78, 5) is 1.69. The van der Waals surface area contributed by atoms with Gasteiger partial charge in [0.1, 0.15) is 11.5 Å². The number of hydrogen-bond donors (Lipinski definition) is 3. The third-order valence-electron chi connectivity index (χ3n) is 2.64. The fourth-order valence-corrected chi connectivity index (χ4v) is 2.10. The van der Waals surface area contributed by atoms with Crippen molar-refractivity contribution in [3.05, 3.63) is 36.4 Å². The van der Waals surface area contributed by atoms with Crippen LogP contribution in [0.4, 0.5) is 11.4 Å². The lowest BCUT2D eigenvalue weighted by atomic mass is 10.2. The number of methoxy groups -OCH3 is 2. The second-order valence-corrected chi connectivity index (χ2v) is 4.93. The molecule has 0 unspecified atom stereocenters. The molecule has 2 rings (SSSR count). The lowest BCUT2D eigenvalue weighted by Crippen LogP contribution is -1.97. The summed E-state index contributed by atoms with van der Waals surface area (Å²) in [6.45, 7) is 0. The van der Waals surface area contributed by atoms with Gasteiger partial charge in [-0.3, -0.25) is 0 Å². The molecule has 100 valence electrons. The quantitative estimate of drug-likeness (QED) is 0.744. The van der Waals surface area contributed by atoms with Gasteiger partial charge in [0.05, 0.1) is 25.6 Å². The number of nitrogens with one attached hydrogen (secondary N) is 1. The Morgan fingerprint density at radius 3 is 1.58 bits per heavy atom. The van der Waals surface area contributed by atoms with E-state index in [2.05, 4.69) is 30.6 Å². The van der Waals surface area contributed by atoms with Crippen LogP contribution in [-0.4, -0.2) is 14.2 Å².